The molecule has 2 nitrogen and oxygen atoms in total. The lowest BCUT2D eigenvalue weighted by Crippen LogP contribution is -2.21. The molecule has 0 bridgehead atoms. The number of rotatable bonds is 5. The number of hydrogen-bond donors (Lipinski definition) is 0. The Balaban J connectivity index is 2.47. The summed E-state index contributed by atoms with van der Waals surface area (Å²) in [6.07, 6.45) is -5.04. The van der Waals surface area contributed by atoms with Crippen LogP contribution in [0.1, 0.15) is 5.56 Å². The molecule has 0 aliphatic heterocycles. The minimum atomic E-state index is -4.52. The summed E-state index contributed by atoms with van der Waals surface area (Å²) in [5.74, 6) is -2.28. The van der Waals surface area contributed by atoms with Crippen molar-refractivity contribution >= 4 is 5.78 Å². The second-order valence-electron chi connectivity index (χ2n) is 3.56. The first-order chi connectivity index (χ1) is 8.28. The molecular weight excluding hydrogens is 259 g/mol. The van der Waals surface area contributed by atoms with Crippen LogP contribution in [0.3, 0.4) is 0 Å². The van der Waals surface area contributed by atoms with Crippen LogP contribution in [0, 0.1) is 11.6 Å². The van der Waals surface area contributed by atoms with E-state index in [0.717, 1.165) is 18.2 Å². The second kappa shape index (κ2) is 5.90. The molecule has 0 aliphatic carbocycles. The fourth-order valence-electron chi connectivity index (χ4n) is 1.22. The molecule has 0 amide bonds. The van der Waals surface area contributed by atoms with Gasteiger partial charge < -0.3 is 4.74 Å². The number of ketones is 1. The minimum absolute atomic E-state index is 0.212. The minimum Gasteiger partial charge on any atom is -0.364 e. The van der Waals surface area contributed by atoms with Crippen molar-refractivity contribution in [2.24, 2.45) is 0 Å². The third-order valence-electron chi connectivity index (χ3n) is 1.92. The van der Waals surface area contributed by atoms with Gasteiger partial charge in [-0.15, -0.1) is 0 Å². The molecular formula is C11H9F5O2. The van der Waals surface area contributed by atoms with Crippen LogP contribution in [-0.4, -0.2) is 25.2 Å². The molecule has 0 aliphatic rings. The van der Waals surface area contributed by atoms with Gasteiger partial charge in [0.2, 0.25) is 0 Å². The van der Waals surface area contributed by atoms with Crippen LogP contribution in [0.25, 0.3) is 0 Å². The van der Waals surface area contributed by atoms with Gasteiger partial charge in [0.15, 0.2) is 5.78 Å². The van der Waals surface area contributed by atoms with Crippen molar-refractivity contribution in [3.05, 3.63) is 35.4 Å². The molecule has 18 heavy (non-hydrogen) atoms. The van der Waals surface area contributed by atoms with E-state index in [4.69, 9.17) is 0 Å². The van der Waals surface area contributed by atoms with Crippen LogP contribution in [-0.2, 0) is 16.0 Å². The average Bonchev–Trinajstić information content (AvgIpc) is 2.21. The maximum absolute atomic E-state index is 13.1. The number of alkyl halides is 3. The van der Waals surface area contributed by atoms with Gasteiger partial charge in [-0.3, -0.25) is 4.79 Å². The number of Topliss-reactive ketones (excluding diaryl/α,β-unsaturated/α-hetero) is 1. The molecule has 0 aromatic heterocycles. The van der Waals surface area contributed by atoms with Crippen molar-refractivity contribution in [1.82, 2.24) is 0 Å². The van der Waals surface area contributed by atoms with Crippen LogP contribution in [0.4, 0.5) is 22.0 Å². The number of ether oxygens (including phenoxy) is 1. The number of carbonyl (C=O) groups excluding carboxylic acids is 1. The molecule has 1 aromatic rings. The van der Waals surface area contributed by atoms with E-state index in [2.05, 4.69) is 4.74 Å². The zero-order valence-corrected chi connectivity index (χ0v) is 9.06. The number of carbonyl (C=O) groups is 1. The van der Waals surface area contributed by atoms with E-state index in [0.29, 0.717) is 0 Å². The van der Waals surface area contributed by atoms with E-state index in [9.17, 15) is 26.7 Å². The molecule has 0 N–H and O–H groups in total. The smallest absolute Gasteiger partial charge is 0.364 e. The summed E-state index contributed by atoms with van der Waals surface area (Å²) in [6.45, 7) is -2.35. The van der Waals surface area contributed by atoms with E-state index in [1.807, 2.05) is 0 Å². The van der Waals surface area contributed by atoms with Gasteiger partial charge in [-0.05, 0) is 23.8 Å². The number of hydrogen-bond acceptors (Lipinski definition) is 2. The van der Waals surface area contributed by atoms with Crippen molar-refractivity contribution in [2.75, 3.05) is 13.2 Å². The van der Waals surface area contributed by atoms with Gasteiger partial charge in [0.05, 0.1) is 0 Å². The summed E-state index contributed by atoms with van der Waals surface area (Å²) in [6, 6.07) is 2.54. The predicted octanol–water partition coefficient (Wildman–Crippen LogP) is 2.66. The second-order valence-corrected chi connectivity index (χ2v) is 3.56. The Hall–Kier alpha value is -1.50. The highest BCUT2D eigenvalue weighted by Gasteiger charge is 2.27. The normalized spacial score (nSPS) is 11.6. The highest BCUT2D eigenvalue weighted by atomic mass is 19.4. The Morgan fingerprint density at radius 3 is 2.50 bits per heavy atom. The van der Waals surface area contributed by atoms with Gasteiger partial charge in [-0.1, -0.05) is 0 Å². The first-order valence-corrected chi connectivity index (χ1v) is 4.88. The van der Waals surface area contributed by atoms with Crippen molar-refractivity contribution in [2.45, 2.75) is 12.6 Å². The number of benzene rings is 1. The van der Waals surface area contributed by atoms with Gasteiger partial charge in [0.1, 0.15) is 24.8 Å². The van der Waals surface area contributed by atoms with E-state index in [1.54, 1.807) is 0 Å². The lowest BCUT2D eigenvalue weighted by Gasteiger charge is -2.07. The molecule has 0 saturated heterocycles. The van der Waals surface area contributed by atoms with Crippen LogP contribution < -0.4 is 0 Å². The quantitative estimate of drug-likeness (QED) is 0.767. The van der Waals surface area contributed by atoms with Gasteiger partial charge in [0.25, 0.3) is 0 Å². The molecule has 0 heterocycles. The van der Waals surface area contributed by atoms with Crippen molar-refractivity contribution in [3.63, 3.8) is 0 Å². The van der Waals surface area contributed by atoms with E-state index >= 15 is 0 Å². The molecule has 1 aromatic carbocycles. The first-order valence-electron chi connectivity index (χ1n) is 4.88. The van der Waals surface area contributed by atoms with Gasteiger partial charge >= 0.3 is 6.18 Å². The highest BCUT2D eigenvalue weighted by Crippen LogP contribution is 2.15. The summed E-state index contributed by atoms with van der Waals surface area (Å²) in [5.41, 5.74) is -0.212. The third kappa shape index (κ3) is 5.22. The van der Waals surface area contributed by atoms with Crippen LogP contribution in [0.5, 0.6) is 0 Å². The first kappa shape index (κ1) is 14.6. The van der Waals surface area contributed by atoms with Crippen LogP contribution >= 0.6 is 0 Å². The Bertz CT molecular complexity index is 428. The molecule has 0 spiro atoms. The largest absolute Gasteiger partial charge is 0.411 e. The molecule has 0 atom stereocenters. The summed E-state index contributed by atoms with van der Waals surface area (Å²) in [7, 11) is 0. The lowest BCUT2D eigenvalue weighted by atomic mass is 10.1. The van der Waals surface area contributed by atoms with Crippen molar-refractivity contribution in [3.8, 4) is 0 Å². The summed E-state index contributed by atoms with van der Waals surface area (Å²) >= 11 is 0. The molecule has 0 unspecified atom stereocenters. The van der Waals surface area contributed by atoms with E-state index in [1.165, 1.54) is 0 Å². The fourth-order valence-corrected chi connectivity index (χ4v) is 1.22. The maximum Gasteiger partial charge on any atom is 0.411 e. The van der Waals surface area contributed by atoms with Gasteiger partial charge in [0, 0.05) is 6.42 Å². The van der Waals surface area contributed by atoms with Gasteiger partial charge in [-0.25, -0.2) is 8.78 Å². The molecule has 7 heteroatoms. The summed E-state index contributed by atoms with van der Waals surface area (Å²) in [4.78, 5) is 11.2. The lowest BCUT2D eigenvalue weighted by molar-refractivity contribution is -0.175. The SMILES string of the molecule is O=C(COCC(F)(F)F)Cc1cc(F)ccc1F. The predicted molar refractivity (Wildman–Crippen MR) is 51.9 cm³/mol. The highest BCUT2D eigenvalue weighted by molar-refractivity contribution is 5.82. The monoisotopic (exact) mass is 268 g/mol. The number of halogens is 5. The topological polar surface area (TPSA) is 26.3 Å². The Morgan fingerprint density at radius 2 is 1.89 bits per heavy atom. The Morgan fingerprint density at radius 1 is 1.22 bits per heavy atom. The molecule has 1 rings (SSSR count). The van der Waals surface area contributed by atoms with Crippen LogP contribution in [0.15, 0.2) is 18.2 Å². The zero-order chi connectivity index (χ0) is 13.8. The van der Waals surface area contributed by atoms with E-state index in [-0.39, 0.29) is 5.56 Å². The summed E-state index contributed by atoms with van der Waals surface area (Å²) < 4.78 is 65.1. The Labute approximate surface area is 99.4 Å². The fraction of sp³-hybridized carbons (Fsp3) is 0.364. The molecule has 0 fully saturated rings. The van der Waals surface area contributed by atoms with Crippen LogP contribution in [0.2, 0.25) is 0 Å². The van der Waals surface area contributed by atoms with Gasteiger partial charge in [-0.2, -0.15) is 13.2 Å². The Kier molecular flexibility index (Phi) is 4.77. The average molecular weight is 268 g/mol. The van der Waals surface area contributed by atoms with Crippen molar-refractivity contribution < 1.29 is 31.5 Å². The van der Waals surface area contributed by atoms with E-state index < -0.39 is 43.2 Å². The standard InChI is InChI=1S/C11H9F5O2/c12-8-1-2-10(13)7(3-8)4-9(17)5-18-6-11(14,15)16/h1-3H,4-6H2. The zero-order valence-electron chi connectivity index (χ0n) is 9.06. The molecule has 0 saturated carbocycles. The molecule has 100 valence electrons. The summed E-state index contributed by atoms with van der Waals surface area (Å²) in [5, 5.41) is 0. The maximum atomic E-state index is 13.1. The molecule has 0 radical (unpaired) electrons. The third-order valence-corrected chi connectivity index (χ3v) is 1.92. The van der Waals surface area contributed by atoms with Crippen molar-refractivity contribution in [1.29, 1.82) is 0 Å².